The van der Waals surface area contributed by atoms with Crippen molar-refractivity contribution in [1.82, 2.24) is 5.32 Å². The summed E-state index contributed by atoms with van der Waals surface area (Å²) in [5.41, 5.74) is 2.72. The van der Waals surface area contributed by atoms with Crippen LogP contribution < -0.4 is 5.32 Å². The Labute approximate surface area is 117 Å². The van der Waals surface area contributed by atoms with Crippen molar-refractivity contribution in [2.45, 2.75) is 31.7 Å². The number of ether oxygens (including phenoxy) is 1. The van der Waals surface area contributed by atoms with E-state index < -0.39 is 17.4 Å². The Balaban J connectivity index is 2.13. The number of cyclic esters (lactones) is 1. The number of alkyl halides is 1. The molecule has 0 saturated carbocycles. The molecule has 5 heteroatoms. The number of esters is 1. The highest BCUT2D eigenvalue weighted by Gasteiger charge is 2.31. The van der Waals surface area contributed by atoms with Gasteiger partial charge in [-0.1, -0.05) is 18.2 Å². The van der Waals surface area contributed by atoms with Gasteiger partial charge < -0.3 is 10.1 Å². The number of nitrogens with one attached hydrogen (secondary N) is 1. The predicted octanol–water partition coefficient (Wildman–Crippen LogP) is 2.02. The first-order valence-corrected chi connectivity index (χ1v) is 6.61. The van der Waals surface area contributed by atoms with Crippen LogP contribution in [0.5, 0.6) is 0 Å². The van der Waals surface area contributed by atoms with Gasteiger partial charge in [-0.15, -0.1) is 11.6 Å². The van der Waals surface area contributed by atoms with E-state index in [2.05, 4.69) is 5.32 Å². The molecule has 0 spiro atoms. The lowest BCUT2D eigenvalue weighted by Crippen LogP contribution is -2.39. The molecular formula is C14H16ClNO3. The molecule has 1 aromatic carbocycles. The zero-order chi connectivity index (χ0) is 14.0. The molecule has 1 saturated heterocycles. The second kappa shape index (κ2) is 5.61. The maximum absolute atomic E-state index is 12.1. The molecule has 1 heterocycles. The second-order valence-electron chi connectivity index (χ2n) is 4.69. The Bertz CT molecular complexity index is 495. The highest BCUT2D eigenvalue weighted by atomic mass is 35.5. The van der Waals surface area contributed by atoms with Gasteiger partial charge >= 0.3 is 5.97 Å². The minimum Gasteiger partial charge on any atom is -0.464 e. The molecule has 19 heavy (non-hydrogen) atoms. The van der Waals surface area contributed by atoms with Crippen LogP contribution in [-0.4, -0.2) is 24.5 Å². The third-order valence-electron chi connectivity index (χ3n) is 3.28. The molecule has 0 radical (unpaired) electrons. The number of halogens is 1. The number of rotatable bonds is 3. The van der Waals surface area contributed by atoms with Gasteiger partial charge in [-0.25, -0.2) is 4.79 Å². The monoisotopic (exact) mass is 281 g/mol. The minimum absolute atomic E-state index is 0.347. The lowest BCUT2D eigenvalue weighted by Gasteiger charge is -2.17. The summed E-state index contributed by atoms with van der Waals surface area (Å²) in [7, 11) is 0. The molecule has 2 unspecified atom stereocenters. The van der Waals surface area contributed by atoms with Gasteiger partial charge in [0.2, 0.25) is 5.91 Å². The molecule has 2 atom stereocenters. The van der Waals surface area contributed by atoms with Gasteiger partial charge in [0.05, 0.1) is 6.61 Å². The van der Waals surface area contributed by atoms with Crippen LogP contribution in [0.2, 0.25) is 0 Å². The molecule has 1 N–H and O–H groups in total. The van der Waals surface area contributed by atoms with E-state index in [0.717, 1.165) is 16.7 Å². The summed E-state index contributed by atoms with van der Waals surface area (Å²) in [6.07, 6.45) is 0.501. The Morgan fingerprint density at radius 3 is 2.58 bits per heavy atom. The van der Waals surface area contributed by atoms with Crippen LogP contribution in [0.4, 0.5) is 0 Å². The Kier molecular flexibility index (Phi) is 4.10. The summed E-state index contributed by atoms with van der Waals surface area (Å²) in [4.78, 5) is 23.4. The molecule has 2 rings (SSSR count). The average molecular weight is 282 g/mol. The summed E-state index contributed by atoms with van der Waals surface area (Å²) in [6.45, 7) is 4.17. The fourth-order valence-corrected chi connectivity index (χ4v) is 2.64. The van der Waals surface area contributed by atoms with Crippen molar-refractivity contribution in [2.24, 2.45) is 0 Å². The SMILES string of the molecule is Cc1cccc(C)c1C(Cl)C(=O)NC1CCOC1=O. The molecule has 1 amide bonds. The van der Waals surface area contributed by atoms with Gasteiger partial charge in [0.1, 0.15) is 11.4 Å². The fraction of sp³-hybridized carbons (Fsp3) is 0.429. The summed E-state index contributed by atoms with van der Waals surface area (Å²) >= 11 is 6.23. The Hall–Kier alpha value is -1.55. The third-order valence-corrected chi connectivity index (χ3v) is 3.69. The lowest BCUT2D eigenvalue weighted by molar-refractivity contribution is -0.141. The number of carbonyl (C=O) groups is 2. The van der Waals surface area contributed by atoms with Crippen molar-refractivity contribution in [3.8, 4) is 0 Å². The fourth-order valence-electron chi connectivity index (χ4n) is 2.23. The van der Waals surface area contributed by atoms with Crippen molar-refractivity contribution in [3.63, 3.8) is 0 Å². The molecule has 4 nitrogen and oxygen atoms in total. The first kappa shape index (κ1) is 13.9. The van der Waals surface area contributed by atoms with Crippen molar-refractivity contribution >= 4 is 23.5 Å². The van der Waals surface area contributed by atoms with E-state index in [4.69, 9.17) is 16.3 Å². The first-order chi connectivity index (χ1) is 9.00. The predicted molar refractivity (Wildman–Crippen MR) is 72.0 cm³/mol. The van der Waals surface area contributed by atoms with Crippen molar-refractivity contribution in [1.29, 1.82) is 0 Å². The standard InChI is InChI=1S/C14H16ClNO3/c1-8-4-3-5-9(2)11(8)12(15)13(17)16-10-6-7-19-14(10)18/h3-5,10,12H,6-7H2,1-2H3,(H,16,17). The summed E-state index contributed by atoms with van der Waals surface area (Å²) in [5, 5.41) is 1.84. The number of amides is 1. The number of hydrogen-bond acceptors (Lipinski definition) is 3. The van der Waals surface area contributed by atoms with Crippen LogP contribution in [0.1, 0.15) is 28.5 Å². The quantitative estimate of drug-likeness (QED) is 0.681. The molecule has 0 bridgehead atoms. The van der Waals surface area contributed by atoms with E-state index in [0.29, 0.717) is 13.0 Å². The highest BCUT2D eigenvalue weighted by molar-refractivity contribution is 6.31. The largest absolute Gasteiger partial charge is 0.464 e. The average Bonchev–Trinajstić information content (AvgIpc) is 2.74. The van der Waals surface area contributed by atoms with Crippen LogP contribution in [0.15, 0.2) is 18.2 Å². The summed E-state index contributed by atoms with van der Waals surface area (Å²) in [6, 6.07) is 5.17. The lowest BCUT2D eigenvalue weighted by atomic mass is 9.99. The molecular weight excluding hydrogens is 266 g/mol. The number of carbonyl (C=O) groups excluding carboxylic acids is 2. The van der Waals surface area contributed by atoms with E-state index in [1.54, 1.807) is 0 Å². The maximum Gasteiger partial charge on any atom is 0.328 e. The zero-order valence-corrected chi connectivity index (χ0v) is 11.7. The summed E-state index contributed by atoms with van der Waals surface area (Å²) in [5.74, 6) is -0.748. The van der Waals surface area contributed by atoms with E-state index in [-0.39, 0.29) is 5.91 Å². The minimum atomic E-state index is -0.797. The van der Waals surface area contributed by atoms with Crippen molar-refractivity contribution in [2.75, 3.05) is 6.61 Å². The van der Waals surface area contributed by atoms with E-state index in [9.17, 15) is 9.59 Å². The zero-order valence-electron chi connectivity index (χ0n) is 10.9. The van der Waals surface area contributed by atoms with Crippen LogP contribution in [0.3, 0.4) is 0 Å². The molecule has 0 aliphatic carbocycles. The van der Waals surface area contributed by atoms with E-state index >= 15 is 0 Å². The Morgan fingerprint density at radius 1 is 1.42 bits per heavy atom. The number of benzene rings is 1. The molecule has 1 aromatic rings. The van der Waals surface area contributed by atoms with Gasteiger partial charge in [0, 0.05) is 6.42 Å². The summed E-state index contributed by atoms with van der Waals surface area (Å²) < 4.78 is 4.80. The first-order valence-electron chi connectivity index (χ1n) is 6.18. The van der Waals surface area contributed by atoms with Gasteiger partial charge in [-0.05, 0) is 30.5 Å². The van der Waals surface area contributed by atoms with Crippen LogP contribution in [0.25, 0.3) is 0 Å². The molecule has 1 aliphatic heterocycles. The Morgan fingerprint density at radius 2 is 2.05 bits per heavy atom. The normalized spacial score (nSPS) is 19.9. The van der Waals surface area contributed by atoms with Crippen molar-refractivity contribution < 1.29 is 14.3 Å². The molecule has 0 aromatic heterocycles. The van der Waals surface area contributed by atoms with E-state index in [1.165, 1.54) is 0 Å². The van der Waals surface area contributed by atoms with Crippen LogP contribution >= 0.6 is 11.6 Å². The third kappa shape index (κ3) is 2.89. The van der Waals surface area contributed by atoms with Crippen molar-refractivity contribution in [3.05, 3.63) is 34.9 Å². The number of hydrogen-bond donors (Lipinski definition) is 1. The van der Waals surface area contributed by atoms with Crippen LogP contribution in [0, 0.1) is 13.8 Å². The number of aryl methyl sites for hydroxylation is 2. The van der Waals surface area contributed by atoms with Gasteiger partial charge in [-0.3, -0.25) is 4.79 Å². The molecule has 102 valence electrons. The molecule has 1 aliphatic rings. The highest BCUT2D eigenvalue weighted by Crippen LogP contribution is 2.27. The smallest absolute Gasteiger partial charge is 0.328 e. The topological polar surface area (TPSA) is 55.4 Å². The van der Waals surface area contributed by atoms with Gasteiger partial charge in [-0.2, -0.15) is 0 Å². The maximum atomic E-state index is 12.1. The van der Waals surface area contributed by atoms with Gasteiger partial charge in [0.15, 0.2) is 0 Å². The molecule has 1 fully saturated rings. The van der Waals surface area contributed by atoms with Gasteiger partial charge in [0.25, 0.3) is 0 Å². The second-order valence-corrected chi connectivity index (χ2v) is 5.12. The van der Waals surface area contributed by atoms with Crippen LogP contribution in [-0.2, 0) is 14.3 Å². The van der Waals surface area contributed by atoms with E-state index in [1.807, 2.05) is 32.0 Å².